The van der Waals surface area contributed by atoms with Crippen LogP contribution in [0.2, 0.25) is 0 Å². The number of carbonyl (C=O) groups excluding carboxylic acids is 1. The van der Waals surface area contributed by atoms with Crippen LogP contribution >= 0.6 is 0 Å². The molecule has 2 aliphatic heterocycles. The topological polar surface area (TPSA) is 93.9 Å². The highest BCUT2D eigenvalue weighted by Crippen LogP contribution is 2.30. The van der Waals surface area contributed by atoms with Crippen LogP contribution in [0.1, 0.15) is 31.7 Å². The Bertz CT molecular complexity index is 886. The van der Waals surface area contributed by atoms with Gasteiger partial charge in [0.05, 0.1) is 17.3 Å². The highest BCUT2D eigenvalue weighted by molar-refractivity contribution is 5.92. The SMILES string of the molecule is C[C@H]1C[C@@H](NC(=O)[C@@H]2CCCN2)CN(c2ccc(C#N)c3nccnc23)C1. The van der Waals surface area contributed by atoms with Gasteiger partial charge in [-0.1, -0.05) is 6.92 Å². The zero-order valence-electron chi connectivity index (χ0n) is 15.5. The van der Waals surface area contributed by atoms with Gasteiger partial charge in [0.25, 0.3) is 0 Å². The van der Waals surface area contributed by atoms with Crippen molar-refractivity contribution >= 4 is 22.6 Å². The van der Waals surface area contributed by atoms with Crippen LogP contribution in [0.5, 0.6) is 0 Å². The molecule has 1 aromatic carbocycles. The fourth-order valence-electron chi connectivity index (χ4n) is 4.25. The second-order valence-corrected chi connectivity index (χ2v) is 7.60. The summed E-state index contributed by atoms with van der Waals surface area (Å²) in [6, 6.07) is 5.99. The van der Waals surface area contributed by atoms with Crippen LogP contribution in [0.15, 0.2) is 24.5 Å². The molecule has 2 fully saturated rings. The number of amides is 1. The fraction of sp³-hybridized carbons (Fsp3) is 0.500. The molecule has 4 rings (SSSR count). The van der Waals surface area contributed by atoms with Gasteiger partial charge in [0.2, 0.25) is 5.91 Å². The second kappa shape index (κ2) is 7.49. The normalized spacial score (nSPS) is 25.3. The minimum Gasteiger partial charge on any atom is -0.367 e. The van der Waals surface area contributed by atoms with Gasteiger partial charge in [-0.15, -0.1) is 0 Å². The zero-order chi connectivity index (χ0) is 18.8. The average molecular weight is 364 g/mol. The molecule has 3 atom stereocenters. The summed E-state index contributed by atoms with van der Waals surface area (Å²) in [6.45, 7) is 4.75. The van der Waals surface area contributed by atoms with E-state index in [9.17, 15) is 10.1 Å². The molecule has 140 valence electrons. The number of benzene rings is 1. The number of fused-ring (bicyclic) bond motifs is 1. The second-order valence-electron chi connectivity index (χ2n) is 7.60. The predicted molar refractivity (Wildman–Crippen MR) is 103 cm³/mol. The molecular formula is C20H24N6O. The van der Waals surface area contributed by atoms with Gasteiger partial charge in [-0.3, -0.25) is 14.8 Å². The molecule has 3 heterocycles. The molecule has 27 heavy (non-hydrogen) atoms. The van der Waals surface area contributed by atoms with E-state index in [1.165, 1.54) is 0 Å². The van der Waals surface area contributed by atoms with Gasteiger partial charge in [-0.2, -0.15) is 5.26 Å². The van der Waals surface area contributed by atoms with Crippen LogP contribution < -0.4 is 15.5 Å². The molecule has 7 heteroatoms. The predicted octanol–water partition coefficient (Wildman–Crippen LogP) is 1.58. The Hall–Kier alpha value is -2.72. The van der Waals surface area contributed by atoms with Gasteiger partial charge >= 0.3 is 0 Å². The molecule has 0 bridgehead atoms. The Morgan fingerprint density at radius 1 is 1.30 bits per heavy atom. The van der Waals surface area contributed by atoms with Crippen molar-refractivity contribution in [3.8, 4) is 6.07 Å². The molecule has 2 aliphatic rings. The van der Waals surface area contributed by atoms with Crippen molar-refractivity contribution in [1.82, 2.24) is 20.6 Å². The van der Waals surface area contributed by atoms with Gasteiger partial charge in [-0.25, -0.2) is 0 Å². The molecule has 2 aromatic rings. The van der Waals surface area contributed by atoms with E-state index in [4.69, 9.17) is 0 Å². The van der Waals surface area contributed by atoms with E-state index >= 15 is 0 Å². The lowest BCUT2D eigenvalue weighted by atomic mass is 9.94. The monoisotopic (exact) mass is 364 g/mol. The summed E-state index contributed by atoms with van der Waals surface area (Å²) < 4.78 is 0. The number of hydrogen-bond acceptors (Lipinski definition) is 6. The van der Waals surface area contributed by atoms with E-state index in [0.717, 1.165) is 50.1 Å². The van der Waals surface area contributed by atoms with Crippen molar-refractivity contribution in [3.05, 3.63) is 30.1 Å². The molecule has 2 N–H and O–H groups in total. The maximum Gasteiger partial charge on any atom is 0.237 e. The summed E-state index contributed by atoms with van der Waals surface area (Å²) in [6.07, 6.45) is 6.21. The Labute approximate surface area is 158 Å². The van der Waals surface area contributed by atoms with Gasteiger partial charge < -0.3 is 15.5 Å². The zero-order valence-corrected chi connectivity index (χ0v) is 15.5. The number of rotatable bonds is 3. The first kappa shape index (κ1) is 17.7. The molecule has 0 radical (unpaired) electrons. The third-order valence-electron chi connectivity index (χ3n) is 5.45. The molecule has 7 nitrogen and oxygen atoms in total. The number of nitrogens with zero attached hydrogens (tertiary/aromatic N) is 4. The van der Waals surface area contributed by atoms with E-state index in [2.05, 4.69) is 38.5 Å². The van der Waals surface area contributed by atoms with Crippen molar-refractivity contribution in [3.63, 3.8) is 0 Å². The molecule has 1 amide bonds. The van der Waals surface area contributed by atoms with E-state index in [-0.39, 0.29) is 18.0 Å². The molecule has 2 saturated heterocycles. The van der Waals surface area contributed by atoms with Crippen LogP contribution in [-0.2, 0) is 4.79 Å². The Morgan fingerprint density at radius 3 is 2.85 bits per heavy atom. The fourth-order valence-corrected chi connectivity index (χ4v) is 4.25. The number of piperidine rings is 1. The number of carbonyl (C=O) groups is 1. The lowest BCUT2D eigenvalue weighted by Crippen LogP contribution is -2.53. The summed E-state index contributed by atoms with van der Waals surface area (Å²) in [5.74, 6) is 0.555. The highest BCUT2D eigenvalue weighted by Gasteiger charge is 2.30. The molecular weight excluding hydrogens is 340 g/mol. The first-order valence-electron chi connectivity index (χ1n) is 9.58. The molecule has 0 unspecified atom stereocenters. The van der Waals surface area contributed by atoms with Gasteiger partial charge in [-0.05, 0) is 43.9 Å². The van der Waals surface area contributed by atoms with Gasteiger partial charge in [0, 0.05) is 31.5 Å². The number of anilines is 1. The lowest BCUT2D eigenvalue weighted by Gasteiger charge is -2.38. The smallest absolute Gasteiger partial charge is 0.237 e. The van der Waals surface area contributed by atoms with Gasteiger partial charge in [0.1, 0.15) is 17.1 Å². The van der Waals surface area contributed by atoms with E-state index in [1.54, 1.807) is 12.4 Å². The molecule has 0 aliphatic carbocycles. The minimum atomic E-state index is -0.0581. The third kappa shape index (κ3) is 3.58. The Morgan fingerprint density at radius 2 is 2.11 bits per heavy atom. The van der Waals surface area contributed by atoms with Crippen LogP contribution in [0.4, 0.5) is 5.69 Å². The quantitative estimate of drug-likeness (QED) is 0.859. The van der Waals surface area contributed by atoms with E-state index in [1.807, 2.05) is 12.1 Å². The van der Waals surface area contributed by atoms with Crippen molar-refractivity contribution in [2.75, 3.05) is 24.5 Å². The van der Waals surface area contributed by atoms with Crippen LogP contribution in [0, 0.1) is 17.2 Å². The summed E-state index contributed by atoms with van der Waals surface area (Å²) in [5, 5.41) is 15.8. The van der Waals surface area contributed by atoms with E-state index < -0.39 is 0 Å². The number of aromatic nitrogens is 2. The lowest BCUT2D eigenvalue weighted by molar-refractivity contribution is -0.123. The Balaban J connectivity index is 1.57. The third-order valence-corrected chi connectivity index (χ3v) is 5.45. The Kier molecular flexibility index (Phi) is 4.90. The van der Waals surface area contributed by atoms with Crippen molar-refractivity contribution in [2.45, 2.75) is 38.3 Å². The van der Waals surface area contributed by atoms with E-state index in [0.29, 0.717) is 17.0 Å². The number of hydrogen-bond donors (Lipinski definition) is 2. The maximum atomic E-state index is 12.5. The van der Waals surface area contributed by atoms with Crippen molar-refractivity contribution < 1.29 is 4.79 Å². The van der Waals surface area contributed by atoms with Crippen molar-refractivity contribution in [1.29, 1.82) is 5.26 Å². The average Bonchev–Trinajstić information content (AvgIpc) is 3.21. The van der Waals surface area contributed by atoms with Crippen molar-refractivity contribution in [2.24, 2.45) is 5.92 Å². The summed E-state index contributed by atoms with van der Waals surface area (Å²) in [5.41, 5.74) is 2.88. The number of nitrogens with one attached hydrogen (secondary N) is 2. The standard InChI is InChI=1S/C20H24N6O/c1-13-9-15(25-20(27)16-3-2-6-22-16)12-26(11-13)17-5-4-14(10-21)18-19(17)24-8-7-23-18/h4-5,7-8,13,15-16,22H,2-3,6,9,11-12H2,1H3,(H,25,27)/t13-,15+,16-/m0/s1. The largest absolute Gasteiger partial charge is 0.367 e. The molecule has 0 spiro atoms. The minimum absolute atomic E-state index is 0.0581. The van der Waals surface area contributed by atoms with Crippen LogP contribution in [-0.4, -0.2) is 47.6 Å². The number of nitriles is 1. The first-order valence-corrected chi connectivity index (χ1v) is 9.58. The van der Waals surface area contributed by atoms with Crippen LogP contribution in [0.3, 0.4) is 0 Å². The highest BCUT2D eigenvalue weighted by atomic mass is 16.2. The van der Waals surface area contributed by atoms with Gasteiger partial charge in [0.15, 0.2) is 0 Å². The molecule has 0 saturated carbocycles. The summed E-state index contributed by atoms with van der Waals surface area (Å²) >= 11 is 0. The van der Waals surface area contributed by atoms with Crippen LogP contribution in [0.25, 0.3) is 11.0 Å². The molecule has 1 aromatic heterocycles. The summed E-state index contributed by atoms with van der Waals surface area (Å²) in [7, 11) is 0. The maximum absolute atomic E-state index is 12.5. The summed E-state index contributed by atoms with van der Waals surface area (Å²) in [4.78, 5) is 23.6. The first-order chi connectivity index (χ1) is 13.2.